The van der Waals surface area contributed by atoms with E-state index in [0.717, 1.165) is 39.5 Å². The number of carbonyl (C=O) groups is 1. The lowest BCUT2D eigenvalue weighted by atomic mass is 9.79. The molecule has 3 N–H and O–H groups in total. The molecule has 36 heavy (non-hydrogen) atoms. The number of nitrogens with two attached hydrogens (primary N) is 1. The number of ether oxygens (including phenoxy) is 1. The molecule has 196 valence electrons. The van der Waals surface area contributed by atoms with Gasteiger partial charge in [0, 0.05) is 18.4 Å². The first-order valence-electron chi connectivity index (χ1n) is 13.6. The van der Waals surface area contributed by atoms with Crippen LogP contribution in [0.2, 0.25) is 0 Å². The zero-order valence-electron chi connectivity index (χ0n) is 23.1. The van der Waals surface area contributed by atoms with Crippen molar-refractivity contribution in [1.29, 1.82) is 0 Å². The van der Waals surface area contributed by atoms with E-state index < -0.39 is 0 Å². The quantitative estimate of drug-likeness (QED) is 0.340. The van der Waals surface area contributed by atoms with E-state index in [1.807, 2.05) is 52.0 Å². The van der Waals surface area contributed by atoms with Gasteiger partial charge in [0.15, 0.2) is 0 Å². The Morgan fingerprint density at radius 1 is 1.00 bits per heavy atom. The average molecular weight is 492 g/mol. The normalized spacial score (nSPS) is 16.7. The minimum atomic E-state index is -0.295. The van der Waals surface area contributed by atoms with Crippen LogP contribution in [-0.4, -0.2) is 18.0 Å². The van der Waals surface area contributed by atoms with Crippen molar-refractivity contribution < 1.29 is 9.53 Å². The van der Waals surface area contributed by atoms with Gasteiger partial charge in [-0.05, 0) is 78.1 Å². The Labute approximate surface area is 217 Å². The summed E-state index contributed by atoms with van der Waals surface area (Å²) in [7, 11) is 1.66. The molecule has 0 bridgehead atoms. The van der Waals surface area contributed by atoms with Crippen LogP contribution in [0.4, 0.5) is 5.82 Å². The number of hydrogen-bond donors (Lipinski definition) is 2. The number of methoxy groups -OCH3 is 1. The minimum Gasteiger partial charge on any atom is -0.497 e. The number of fused-ring (bicyclic) bond motifs is 1. The molecule has 4 rings (SSSR count). The van der Waals surface area contributed by atoms with E-state index in [9.17, 15) is 4.79 Å². The van der Waals surface area contributed by atoms with Crippen LogP contribution in [0.15, 0.2) is 48.5 Å². The van der Waals surface area contributed by atoms with Crippen LogP contribution < -0.4 is 15.8 Å². The molecule has 1 aromatic heterocycles. The number of nitrogens with zero attached hydrogens (tertiary/aromatic N) is 1. The zero-order valence-corrected chi connectivity index (χ0v) is 23.1. The first kappa shape index (κ1) is 29.2. The van der Waals surface area contributed by atoms with Gasteiger partial charge in [-0.2, -0.15) is 0 Å². The molecule has 5 nitrogen and oxygen atoms in total. The number of aromatic nitrogens is 1. The lowest BCUT2D eigenvalue weighted by molar-refractivity contribution is -0.117. The summed E-state index contributed by atoms with van der Waals surface area (Å²) in [6, 6.07) is 16.8. The van der Waals surface area contributed by atoms with Crippen molar-refractivity contribution >= 4 is 22.6 Å². The molecule has 1 heterocycles. The number of benzene rings is 2. The highest BCUT2D eigenvalue weighted by Gasteiger charge is 2.20. The zero-order chi connectivity index (χ0) is 26.5. The first-order chi connectivity index (χ1) is 17.5. The summed E-state index contributed by atoms with van der Waals surface area (Å²) in [5, 5.41) is 4.60. The second-order valence-corrected chi connectivity index (χ2v) is 9.07. The van der Waals surface area contributed by atoms with Gasteiger partial charge in [0.25, 0.3) is 0 Å². The maximum Gasteiger partial charge on any atom is 0.217 e. The van der Waals surface area contributed by atoms with Crippen molar-refractivity contribution in [2.45, 2.75) is 85.6 Å². The highest BCUT2D eigenvalue weighted by atomic mass is 16.5. The van der Waals surface area contributed by atoms with Gasteiger partial charge in [0.2, 0.25) is 5.91 Å². The van der Waals surface area contributed by atoms with E-state index in [2.05, 4.69) is 36.5 Å². The molecule has 0 spiro atoms. The molecule has 3 aromatic rings. The smallest absolute Gasteiger partial charge is 0.217 e. The lowest BCUT2D eigenvalue weighted by Gasteiger charge is -2.26. The standard InChI is InChI=1S/C27H33N3O2.2C2H6/c1-18-3-7-20(8-4-18)21-9-13-25-23(15-21)16-22(10-14-26(28)31)27(30-25)29-17-19-5-11-24(32-2)12-6-19;2*1-2/h5-6,9,11-13,15-16,18,20H,3-4,7-8,10,14,17H2,1-2H3,(H2,28,31)(H,29,30);2*1-2H3. The third kappa shape index (κ3) is 8.25. The van der Waals surface area contributed by atoms with Crippen LogP contribution in [0.5, 0.6) is 5.75 Å². The van der Waals surface area contributed by atoms with Gasteiger partial charge in [-0.3, -0.25) is 4.79 Å². The van der Waals surface area contributed by atoms with Crippen molar-refractivity contribution in [1.82, 2.24) is 4.98 Å². The molecular formula is C31H45N3O2. The molecule has 0 aliphatic heterocycles. The number of carbonyl (C=O) groups excluding carboxylic acids is 1. The summed E-state index contributed by atoms with van der Waals surface area (Å²) in [6.45, 7) is 11.0. The third-order valence-corrected chi connectivity index (χ3v) is 6.66. The Balaban J connectivity index is 0.00000109. The maximum atomic E-state index is 11.4. The third-order valence-electron chi connectivity index (χ3n) is 6.66. The molecule has 0 unspecified atom stereocenters. The van der Waals surface area contributed by atoms with Gasteiger partial charge in [0.05, 0.1) is 12.6 Å². The summed E-state index contributed by atoms with van der Waals surface area (Å²) in [5.41, 5.74) is 9.98. The van der Waals surface area contributed by atoms with E-state index in [0.29, 0.717) is 25.3 Å². The van der Waals surface area contributed by atoms with E-state index in [-0.39, 0.29) is 5.91 Å². The highest BCUT2D eigenvalue weighted by molar-refractivity contribution is 5.83. The number of amides is 1. The number of nitrogens with one attached hydrogen (secondary N) is 1. The molecule has 2 aromatic carbocycles. The van der Waals surface area contributed by atoms with Crippen LogP contribution >= 0.6 is 0 Å². The van der Waals surface area contributed by atoms with Gasteiger partial charge in [0.1, 0.15) is 11.6 Å². The molecule has 1 aliphatic carbocycles. The average Bonchev–Trinajstić information content (AvgIpc) is 2.93. The Morgan fingerprint density at radius 2 is 1.67 bits per heavy atom. The fraction of sp³-hybridized carbons (Fsp3) is 0.484. The molecule has 1 saturated carbocycles. The Hall–Kier alpha value is -3.08. The number of anilines is 1. The molecule has 1 fully saturated rings. The second-order valence-electron chi connectivity index (χ2n) is 9.07. The van der Waals surface area contributed by atoms with Crippen LogP contribution in [0.3, 0.4) is 0 Å². The Bertz CT molecular complexity index is 1070. The summed E-state index contributed by atoms with van der Waals surface area (Å²) in [4.78, 5) is 16.4. The van der Waals surface area contributed by atoms with Gasteiger partial charge in [-0.1, -0.05) is 65.7 Å². The number of aryl methyl sites for hydroxylation is 1. The Morgan fingerprint density at radius 3 is 2.28 bits per heavy atom. The number of pyridine rings is 1. The van der Waals surface area contributed by atoms with E-state index in [4.69, 9.17) is 15.5 Å². The van der Waals surface area contributed by atoms with Crippen LogP contribution in [0.1, 0.15) is 89.3 Å². The Kier molecular flexibility index (Phi) is 12.2. The molecule has 5 heteroatoms. The highest BCUT2D eigenvalue weighted by Crippen LogP contribution is 2.36. The number of rotatable bonds is 8. The fourth-order valence-corrected chi connectivity index (χ4v) is 4.62. The molecular weight excluding hydrogens is 446 g/mol. The van der Waals surface area contributed by atoms with Crippen LogP contribution in [0, 0.1) is 5.92 Å². The summed E-state index contributed by atoms with van der Waals surface area (Å²) in [5.74, 6) is 2.83. The van der Waals surface area contributed by atoms with E-state index in [1.54, 1.807) is 7.11 Å². The van der Waals surface area contributed by atoms with Gasteiger partial charge in [-0.15, -0.1) is 0 Å². The van der Waals surface area contributed by atoms with Crippen molar-refractivity contribution in [3.63, 3.8) is 0 Å². The first-order valence-corrected chi connectivity index (χ1v) is 13.6. The molecule has 1 aliphatic rings. The minimum absolute atomic E-state index is 0.295. The topological polar surface area (TPSA) is 77.2 Å². The monoisotopic (exact) mass is 491 g/mol. The van der Waals surface area contributed by atoms with Crippen LogP contribution in [0.25, 0.3) is 10.9 Å². The molecule has 1 amide bonds. The van der Waals surface area contributed by atoms with Crippen molar-refractivity contribution in [3.05, 3.63) is 65.2 Å². The van der Waals surface area contributed by atoms with Gasteiger partial charge in [-0.25, -0.2) is 4.98 Å². The molecule has 0 atom stereocenters. The fourth-order valence-electron chi connectivity index (χ4n) is 4.62. The number of hydrogen-bond acceptors (Lipinski definition) is 4. The summed E-state index contributed by atoms with van der Waals surface area (Å²) in [6.07, 6.45) is 6.02. The predicted molar refractivity (Wildman–Crippen MR) is 153 cm³/mol. The predicted octanol–water partition coefficient (Wildman–Crippen LogP) is 7.62. The molecule has 0 radical (unpaired) electrons. The molecule has 0 saturated heterocycles. The maximum absolute atomic E-state index is 11.4. The lowest BCUT2D eigenvalue weighted by Crippen LogP contribution is -2.13. The van der Waals surface area contributed by atoms with Crippen molar-refractivity contribution in [3.8, 4) is 5.75 Å². The van der Waals surface area contributed by atoms with Gasteiger partial charge >= 0.3 is 0 Å². The second kappa shape index (κ2) is 15.1. The van der Waals surface area contributed by atoms with Crippen LogP contribution in [-0.2, 0) is 17.8 Å². The SMILES string of the molecule is CC.CC.COc1ccc(CNc2nc3ccc(C4CCC(C)CC4)cc3cc2CCC(N)=O)cc1. The summed E-state index contributed by atoms with van der Waals surface area (Å²) >= 11 is 0. The largest absolute Gasteiger partial charge is 0.497 e. The van der Waals surface area contributed by atoms with Crippen molar-refractivity contribution in [2.24, 2.45) is 11.7 Å². The van der Waals surface area contributed by atoms with E-state index in [1.165, 1.54) is 31.2 Å². The number of primary amides is 1. The van der Waals surface area contributed by atoms with E-state index >= 15 is 0 Å². The van der Waals surface area contributed by atoms with Crippen molar-refractivity contribution in [2.75, 3.05) is 12.4 Å². The van der Waals surface area contributed by atoms with Gasteiger partial charge < -0.3 is 15.8 Å². The summed E-state index contributed by atoms with van der Waals surface area (Å²) < 4.78 is 5.24.